The molecule has 2 atom stereocenters. The van der Waals surface area contributed by atoms with E-state index in [9.17, 15) is 9.90 Å². The summed E-state index contributed by atoms with van der Waals surface area (Å²) in [6.07, 6.45) is -2.41. The minimum absolute atomic E-state index is 0.0654. The fraction of sp³-hybridized carbons (Fsp3) is 0.857. The molecule has 1 fully saturated rings. The molecule has 0 amide bonds. The van der Waals surface area contributed by atoms with E-state index in [1.165, 1.54) is 6.92 Å². The van der Waals surface area contributed by atoms with Gasteiger partial charge in [-0.3, -0.25) is 4.79 Å². The van der Waals surface area contributed by atoms with Gasteiger partial charge >= 0.3 is 0 Å². The second-order valence-electron chi connectivity index (χ2n) is 3.20. The van der Waals surface area contributed by atoms with Gasteiger partial charge in [0.1, 0.15) is 11.4 Å². The SMILES string of the molecule is CC1(O)[C@H](O)CC(=O)C[C@H]1O. The second-order valence-corrected chi connectivity index (χ2v) is 3.20. The van der Waals surface area contributed by atoms with Crippen LogP contribution in [0, 0.1) is 0 Å². The van der Waals surface area contributed by atoms with E-state index in [0.29, 0.717) is 0 Å². The largest absolute Gasteiger partial charge is 0.390 e. The number of hydrogen-bond acceptors (Lipinski definition) is 4. The third-order valence-corrected chi connectivity index (χ3v) is 2.19. The lowest BCUT2D eigenvalue weighted by Crippen LogP contribution is -2.54. The van der Waals surface area contributed by atoms with Crippen molar-refractivity contribution in [3.8, 4) is 0 Å². The van der Waals surface area contributed by atoms with Gasteiger partial charge in [-0.05, 0) is 6.92 Å². The second kappa shape index (κ2) is 2.55. The van der Waals surface area contributed by atoms with Crippen molar-refractivity contribution in [2.24, 2.45) is 0 Å². The maximum absolute atomic E-state index is 10.7. The van der Waals surface area contributed by atoms with Crippen LogP contribution < -0.4 is 0 Å². The first-order chi connectivity index (χ1) is 4.94. The molecule has 11 heavy (non-hydrogen) atoms. The molecule has 4 heteroatoms. The van der Waals surface area contributed by atoms with Gasteiger partial charge in [0, 0.05) is 12.8 Å². The molecule has 64 valence electrons. The van der Waals surface area contributed by atoms with Crippen molar-refractivity contribution in [1.29, 1.82) is 0 Å². The molecule has 1 rings (SSSR count). The fourth-order valence-electron chi connectivity index (χ4n) is 1.15. The summed E-state index contributed by atoms with van der Waals surface area (Å²) in [5.41, 5.74) is -1.53. The summed E-state index contributed by atoms with van der Waals surface area (Å²) in [6.45, 7) is 1.33. The first kappa shape index (κ1) is 8.64. The molecule has 4 nitrogen and oxygen atoms in total. The minimum Gasteiger partial charge on any atom is -0.390 e. The Morgan fingerprint density at radius 1 is 1.36 bits per heavy atom. The molecule has 1 aliphatic carbocycles. The molecule has 3 N–H and O–H groups in total. The van der Waals surface area contributed by atoms with Crippen LogP contribution in [0.1, 0.15) is 19.8 Å². The smallest absolute Gasteiger partial charge is 0.138 e. The van der Waals surface area contributed by atoms with Crippen LogP contribution in [0.25, 0.3) is 0 Å². The summed E-state index contributed by atoms with van der Waals surface area (Å²) >= 11 is 0. The van der Waals surface area contributed by atoms with E-state index in [1.807, 2.05) is 0 Å². The topological polar surface area (TPSA) is 77.8 Å². The number of carbonyl (C=O) groups is 1. The number of aliphatic hydroxyl groups is 3. The van der Waals surface area contributed by atoms with Crippen LogP contribution in [-0.2, 0) is 4.79 Å². The van der Waals surface area contributed by atoms with Gasteiger partial charge in [0.2, 0.25) is 0 Å². The predicted molar refractivity (Wildman–Crippen MR) is 36.9 cm³/mol. The molecule has 0 saturated heterocycles. The van der Waals surface area contributed by atoms with E-state index < -0.39 is 17.8 Å². The van der Waals surface area contributed by atoms with E-state index >= 15 is 0 Å². The highest BCUT2D eigenvalue weighted by molar-refractivity contribution is 5.80. The normalized spacial score (nSPS) is 37.3. The lowest BCUT2D eigenvalue weighted by molar-refractivity contribution is -0.167. The molecule has 0 aliphatic heterocycles. The van der Waals surface area contributed by atoms with Gasteiger partial charge in [-0.25, -0.2) is 0 Å². The zero-order chi connectivity index (χ0) is 8.65. The lowest BCUT2D eigenvalue weighted by atomic mass is 9.81. The summed E-state index contributed by atoms with van der Waals surface area (Å²) in [5, 5.41) is 27.7. The van der Waals surface area contributed by atoms with E-state index in [4.69, 9.17) is 10.2 Å². The van der Waals surface area contributed by atoms with E-state index in [2.05, 4.69) is 0 Å². The first-order valence-electron chi connectivity index (χ1n) is 3.55. The van der Waals surface area contributed by atoms with Crippen LogP contribution in [0.5, 0.6) is 0 Å². The van der Waals surface area contributed by atoms with Crippen molar-refractivity contribution in [1.82, 2.24) is 0 Å². The first-order valence-corrected chi connectivity index (χ1v) is 3.55. The Balaban J connectivity index is 2.75. The zero-order valence-electron chi connectivity index (χ0n) is 6.32. The lowest BCUT2D eigenvalue weighted by Gasteiger charge is -2.36. The van der Waals surface area contributed by atoms with Crippen molar-refractivity contribution < 1.29 is 20.1 Å². The van der Waals surface area contributed by atoms with Gasteiger partial charge in [-0.2, -0.15) is 0 Å². The molecule has 1 aliphatic rings. The molecule has 0 spiro atoms. The van der Waals surface area contributed by atoms with E-state index in [0.717, 1.165) is 0 Å². The standard InChI is InChI=1S/C7H12O4/c1-7(11)5(9)2-4(8)3-6(7)10/h5-6,9-11H,2-3H2,1H3/t5-,6-/m1/s1. The molecule has 0 unspecified atom stereocenters. The minimum atomic E-state index is -1.53. The van der Waals surface area contributed by atoms with Crippen molar-refractivity contribution in [3.63, 3.8) is 0 Å². The highest BCUT2D eigenvalue weighted by Gasteiger charge is 2.43. The van der Waals surface area contributed by atoms with E-state index in [1.54, 1.807) is 0 Å². The van der Waals surface area contributed by atoms with Crippen molar-refractivity contribution >= 4 is 5.78 Å². The summed E-state index contributed by atoms with van der Waals surface area (Å²) < 4.78 is 0. The van der Waals surface area contributed by atoms with Crippen LogP contribution in [0.2, 0.25) is 0 Å². The Kier molecular flexibility index (Phi) is 2.00. The molecule has 0 heterocycles. The summed E-state index contributed by atoms with van der Waals surface area (Å²) in [6, 6.07) is 0. The van der Waals surface area contributed by atoms with Crippen LogP contribution in [-0.4, -0.2) is 38.9 Å². The quantitative estimate of drug-likeness (QED) is 0.417. The summed E-state index contributed by atoms with van der Waals surface area (Å²) in [7, 11) is 0. The Hall–Kier alpha value is -0.450. The number of Topliss-reactive ketones (excluding diaryl/α,β-unsaturated/α-hetero) is 1. The number of carbonyl (C=O) groups excluding carboxylic acids is 1. The Bertz CT molecular complexity index is 159. The molecule has 0 aromatic heterocycles. The van der Waals surface area contributed by atoms with Gasteiger partial charge in [0.05, 0.1) is 12.2 Å². The Morgan fingerprint density at radius 2 is 1.73 bits per heavy atom. The molecule has 0 radical (unpaired) electrons. The maximum Gasteiger partial charge on any atom is 0.138 e. The number of aliphatic hydroxyl groups excluding tert-OH is 2. The molecular weight excluding hydrogens is 148 g/mol. The average Bonchev–Trinajstić information content (AvgIpc) is 1.84. The van der Waals surface area contributed by atoms with Gasteiger partial charge in [0.15, 0.2) is 0 Å². The Labute approximate surface area is 64.5 Å². The number of ketones is 1. The van der Waals surface area contributed by atoms with Gasteiger partial charge in [-0.1, -0.05) is 0 Å². The Morgan fingerprint density at radius 3 is 2.09 bits per heavy atom. The molecule has 0 aromatic rings. The molecule has 1 saturated carbocycles. The summed E-state index contributed by atoms with van der Waals surface area (Å²) in [5.74, 6) is -0.212. The van der Waals surface area contributed by atoms with Crippen LogP contribution in [0.15, 0.2) is 0 Å². The van der Waals surface area contributed by atoms with Crippen LogP contribution in [0.3, 0.4) is 0 Å². The highest BCUT2D eigenvalue weighted by Crippen LogP contribution is 2.26. The number of rotatable bonds is 0. The molecule has 0 bridgehead atoms. The van der Waals surface area contributed by atoms with Crippen LogP contribution >= 0.6 is 0 Å². The predicted octanol–water partition coefficient (Wildman–Crippen LogP) is -1.18. The fourth-order valence-corrected chi connectivity index (χ4v) is 1.15. The third kappa shape index (κ3) is 1.42. The highest BCUT2D eigenvalue weighted by atomic mass is 16.4. The van der Waals surface area contributed by atoms with Crippen molar-refractivity contribution in [2.45, 2.75) is 37.6 Å². The third-order valence-electron chi connectivity index (χ3n) is 2.19. The van der Waals surface area contributed by atoms with E-state index in [-0.39, 0.29) is 18.6 Å². The zero-order valence-corrected chi connectivity index (χ0v) is 6.32. The molecule has 0 aromatic carbocycles. The van der Waals surface area contributed by atoms with Crippen LogP contribution in [0.4, 0.5) is 0 Å². The van der Waals surface area contributed by atoms with Crippen molar-refractivity contribution in [3.05, 3.63) is 0 Å². The summed E-state index contributed by atoms with van der Waals surface area (Å²) in [4.78, 5) is 10.7. The average molecular weight is 160 g/mol. The van der Waals surface area contributed by atoms with Gasteiger partial charge in [0.25, 0.3) is 0 Å². The molecular formula is C7H12O4. The van der Waals surface area contributed by atoms with Gasteiger partial charge < -0.3 is 15.3 Å². The number of hydrogen-bond donors (Lipinski definition) is 3. The maximum atomic E-state index is 10.7. The van der Waals surface area contributed by atoms with Gasteiger partial charge in [-0.15, -0.1) is 0 Å². The monoisotopic (exact) mass is 160 g/mol. The van der Waals surface area contributed by atoms with Crippen molar-refractivity contribution in [2.75, 3.05) is 0 Å².